The summed E-state index contributed by atoms with van der Waals surface area (Å²) in [5, 5.41) is 3.61. The van der Waals surface area contributed by atoms with Gasteiger partial charge in [-0.25, -0.2) is 0 Å². The normalized spacial score (nSPS) is 16.8. The van der Waals surface area contributed by atoms with Gasteiger partial charge in [-0.05, 0) is 56.1 Å². The number of hydrogen-bond acceptors (Lipinski definition) is 4. The first kappa shape index (κ1) is 19.2. The van der Waals surface area contributed by atoms with E-state index in [-0.39, 0.29) is 5.91 Å². The Morgan fingerprint density at radius 2 is 2.00 bits per heavy atom. The van der Waals surface area contributed by atoms with E-state index in [0.29, 0.717) is 29.1 Å². The van der Waals surface area contributed by atoms with Crippen molar-refractivity contribution in [3.8, 4) is 0 Å². The van der Waals surface area contributed by atoms with Crippen LogP contribution in [0.3, 0.4) is 0 Å². The number of primary amides is 1. The zero-order valence-corrected chi connectivity index (χ0v) is 17.1. The van der Waals surface area contributed by atoms with E-state index in [2.05, 4.69) is 29.3 Å². The van der Waals surface area contributed by atoms with Crippen LogP contribution in [0.5, 0.6) is 0 Å². The summed E-state index contributed by atoms with van der Waals surface area (Å²) in [5.41, 5.74) is 8.38. The van der Waals surface area contributed by atoms with Gasteiger partial charge < -0.3 is 11.1 Å². The van der Waals surface area contributed by atoms with Gasteiger partial charge in [-0.1, -0.05) is 30.3 Å². The lowest BCUT2D eigenvalue weighted by Crippen LogP contribution is -2.40. The van der Waals surface area contributed by atoms with Crippen molar-refractivity contribution >= 4 is 28.2 Å². The van der Waals surface area contributed by atoms with Gasteiger partial charge in [-0.2, -0.15) is 0 Å². The Labute approximate surface area is 169 Å². The van der Waals surface area contributed by atoms with E-state index < -0.39 is 5.91 Å². The fourth-order valence-corrected chi connectivity index (χ4v) is 5.45. The molecule has 1 saturated carbocycles. The highest BCUT2D eigenvalue weighted by atomic mass is 32.1. The van der Waals surface area contributed by atoms with E-state index >= 15 is 0 Å². The number of nitrogens with one attached hydrogen (secondary N) is 1. The minimum Gasteiger partial charge on any atom is -0.365 e. The Morgan fingerprint density at radius 3 is 2.68 bits per heavy atom. The van der Waals surface area contributed by atoms with Crippen LogP contribution < -0.4 is 11.1 Å². The molecule has 2 aliphatic carbocycles. The molecule has 1 atom stereocenters. The summed E-state index contributed by atoms with van der Waals surface area (Å²) in [7, 11) is 0. The quantitative estimate of drug-likeness (QED) is 0.715. The first-order valence-electron chi connectivity index (χ1n) is 10.0. The Balaban J connectivity index is 1.48. The van der Waals surface area contributed by atoms with Gasteiger partial charge in [-0.15, -0.1) is 11.3 Å². The summed E-state index contributed by atoms with van der Waals surface area (Å²) in [6.07, 6.45) is 5.36. The third kappa shape index (κ3) is 4.13. The number of nitrogens with zero attached hydrogens (tertiary/aromatic N) is 1. The second-order valence-corrected chi connectivity index (χ2v) is 9.05. The zero-order valence-electron chi connectivity index (χ0n) is 16.2. The molecule has 0 spiro atoms. The van der Waals surface area contributed by atoms with Gasteiger partial charge in [-0.3, -0.25) is 14.5 Å². The molecule has 6 heteroatoms. The van der Waals surface area contributed by atoms with E-state index in [9.17, 15) is 9.59 Å². The molecule has 0 saturated heterocycles. The molecule has 0 aliphatic heterocycles. The number of anilines is 1. The molecule has 148 valence electrons. The van der Waals surface area contributed by atoms with Crippen LogP contribution in [0.25, 0.3) is 0 Å². The minimum atomic E-state index is -0.442. The number of amides is 2. The number of thiophene rings is 1. The van der Waals surface area contributed by atoms with Crippen molar-refractivity contribution in [1.82, 2.24) is 4.90 Å². The second kappa shape index (κ2) is 8.05. The van der Waals surface area contributed by atoms with E-state index in [1.54, 1.807) is 0 Å². The van der Waals surface area contributed by atoms with Crippen LogP contribution in [0, 0.1) is 5.92 Å². The van der Waals surface area contributed by atoms with Crippen LogP contribution in [0.4, 0.5) is 5.00 Å². The van der Waals surface area contributed by atoms with Gasteiger partial charge in [0, 0.05) is 17.5 Å². The van der Waals surface area contributed by atoms with Gasteiger partial charge in [0.25, 0.3) is 5.91 Å². The Bertz CT molecular complexity index is 873. The molecule has 1 fully saturated rings. The number of carbonyl (C=O) groups excluding carboxylic acids is 2. The SMILES string of the molecule is C[C@@H](C1CC1)N(CC(=O)Nc1sc2c(c1C(N)=O)CCC2)Cc1ccccc1. The highest BCUT2D eigenvalue weighted by Crippen LogP contribution is 2.39. The molecular formula is C22H27N3O2S. The van der Waals surface area contributed by atoms with Crippen molar-refractivity contribution in [1.29, 1.82) is 0 Å². The first-order chi connectivity index (χ1) is 13.5. The van der Waals surface area contributed by atoms with Gasteiger partial charge in [0.05, 0.1) is 12.1 Å². The van der Waals surface area contributed by atoms with Crippen molar-refractivity contribution < 1.29 is 9.59 Å². The average Bonchev–Trinajstić information content (AvgIpc) is 3.32. The van der Waals surface area contributed by atoms with Gasteiger partial charge in [0.2, 0.25) is 5.91 Å². The molecule has 2 aromatic rings. The number of fused-ring (bicyclic) bond motifs is 1. The van der Waals surface area contributed by atoms with E-state index in [4.69, 9.17) is 5.73 Å². The maximum absolute atomic E-state index is 12.9. The standard InChI is InChI=1S/C22H27N3O2S/c1-14(16-10-11-16)25(12-15-6-3-2-4-7-15)13-19(26)24-22-20(21(23)27)17-8-5-9-18(17)28-22/h2-4,6-7,14,16H,5,8-13H2,1H3,(H2,23,27)(H,24,26)/t14-/m0/s1. The summed E-state index contributed by atoms with van der Waals surface area (Å²) < 4.78 is 0. The summed E-state index contributed by atoms with van der Waals surface area (Å²) in [5.74, 6) is 0.149. The molecular weight excluding hydrogens is 370 g/mol. The summed E-state index contributed by atoms with van der Waals surface area (Å²) in [6, 6.07) is 10.6. The maximum Gasteiger partial charge on any atom is 0.251 e. The van der Waals surface area contributed by atoms with Crippen molar-refractivity contribution in [2.24, 2.45) is 11.7 Å². The first-order valence-corrected chi connectivity index (χ1v) is 10.9. The Kier molecular flexibility index (Phi) is 5.51. The van der Waals surface area contributed by atoms with E-state index in [1.807, 2.05) is 18.2 Å². The van der Waals surface area contributed by atoms with Gasteiger partial charge >= 0.3 is 0 Å². The number of rotatable bonds is 8. The number of aryl methyl sites for hydroxylation is 1. The molecule has 2 amide bonds. The van der Waals surface area contributed by atoms with Gasteiger partial charge in [0.15, 0.2) is 0 Å². The lowest BCUT2D eigenvalue weighted by molar-refractivity contribution is -0.118. The molecule has 5 nitrogen and oxygen atoms in total. The van der Waals surface area contributed by atoms with Crippen molar-refractivity contribution in [3.05, 3.63) is 51.9 Å². The number of carbonyl (C=O) groups is 2. The third-order valence-corrected chi connectivity index (χ3v) is 7.08. The van der Waals surface area contributed by atoms with Gasteiger partial charge in [0.1, 0.15) is 5.00 Å². The average molecular weight is 398 g/mol. The molecule has 4 rings (SSSR count). The summed E-state index contributed by atoms with van der Waals surface area (Å²) in [4.78, 5) is 28.3. The molecule has 0 radical (unpaired) electrons. The van der Waals surface area contributed by atoms with Crippen LogP contribution in [0.15, 0.2) is 30.3 Å². The molecule has 28 heavy (non-hydrogen) atoms. The van der Waals surface area contributed by atoms with E-state index in [0.717, 1.165) is 31.4 Å². The molecule has 0 unspecified atom stereocenters. The lowest BCUT2D eigenvalue weighted by Gasteiger charge is -2.28. The van der Waals surface area contributed by atoms with Crippen molar-refractivity contribution in [3.63, 3.8) is 0 Å². The molecule has 1 aromatic heterocycles. The topological polar surface area (TPSA) is 75.4 Å². The molecule has 2 aliphatic rings. The van der Waals surface area contributed by atoms with E-state index in [1.165, 1.54) is 34.6 Å². The smallest absolute Gasteiger partial charge is 0.251 e. The predicted octanol–water partition coefficient (Wildman–Crippen LogP) is 3.57. The predicted molar refractivity (Wildman–Crippen MR) is 113 cm³/mol. The molecule has 0 bridgehead atoms. The third-order valence-electron chi connectivity index (χ3n) is 5.88. The van der Waals surface area contributed by atoms with Crippen LogP contribution in [-0.2, 0) is 24.2 Å². The van der Waals surface area contributed by atoms with Crippen LogP contribution >= 0.6 is 11.3 Å². The molecule has 1 aromatic carbocycles. The second-order valence-electron chi connectivity index (χ2n) is 7.94. The maximum atomic E-state index is 12.9. The Morgan fingerprint density at radius 1 is 1.25 bits per heavy atom. The molecule has 1 heterocycles. The Hall–Kier alpha value is -2.18. The minimum absolute atomic E-state index is 0.0779. The number of benzene rings is 1. The lowest BCUT2D eigenvalue weighted by atomic mass is 10.1. The number of hydrogen-bond donors (Lipinski definition) is 2. The van der Waals surface area contributed by atoms with Crippen LogP contribution in [-0.4, -0.2) is 29.3 Å². The van der Waals surface area contributed by atoms with Crippen molar-refractivity contribution in [2.75, 3.05) is 11.9 Å². The van der Waals surface area contributed by atoms with Crippen molar-refractivity contribution in [2.45, 2.75) is 51.6 Å². The highest BCUT2D eigenvalue weighted by molar-refractivity contribution is 7.17. The largest absolute Gasteiger partial charge is 0.365 e. The van der Waals surface area contributed by atoms with Crippen LogP contribution in [0.1, 0.15) is 52.5 Å². The summed E-state index contributed by atoms with van der Waals surface area (Å²) >= 11 is 1.51. The summed E-state index contributed by atoms with van der Waals surface area (Å²) in [6.45, 7) is 3.27. The zero-order chi connectivity index (χ0) is 19.7. The fraction of sp³-hybridized carbons (Fsp3) is 0.455. The molecule has 3 N–H and O–H groups in total. The number of nitrogens with two attached hydrogens (primary N) is 1. The fourth-order valence-electron chi connectivity index (χ4n) is 4.14. The monoisotopic (exact) mass is 397 g/mol. The highest BCUT2D eigenvalue weighted by Gasteiger charge is 2.33. The van der Waals surface area contributed by atoms with Crippen LogP contribution in [0.2, 0.25) is 0 Å².